The van der Waals surface area contributed by atoms with Gasteiger partial charge in [0, 0.05) is 88.2 Å². The maximum atomic E-state index is 12.2. The van der Waals surface area contributed by atoms with E-state index in [4.69, 9.17) is 47.4 Å². The number of hydrogen-bond donors (Lipinski definition) is 0. The van der Waals surface area contributed by atoms with Gasteiger partial charge in [-0.2, -0.15) is 0 Å². The van der Waals surface area contributed by atoms with Crippen LogP contribution in [0.15, 0.2) is 427 Å². The average molecular weight is 1950 g/mol. The van der Waals surface area contributed by atoms with Crippen LogP contribution in [0, 0.1) is 0 Å². The van der Waals surface area contributed by atoms with Gasteiger partial charge >= 0.3 is 29.8 Å². The minimum absolute atomic E-state index is 0. The lowest BCUT2D eigenvalue weighted by molar-refractivity contribution is -0.671. The van der Waals surface area contributed by atoms with Crippen molar-refractivity contribution in [1.82, 2.24) is 22.8 Å². The molecule has 10 aromatic heterocycles. The molecule has 0 aliphatic rings. The molecule has 0 atom stereocenters. The largest absolute Gasteiger partial charge is 0.489 e. The Bertz CT molecular complexity index is 6560. The Kier molecular flexibility index (Phi) is 39.6. The van der Waals surface area contributed by atoms with Gasteiger partial charge in [-0.25, -0.2) is 46.8 Å². The van der Waals surface area contributed by atoms with Gasteiger partial charge in [-0.3, -0.25) is 0 Å². The van der Waals surface area contributed by atoms with Gasteiger partial charge in [0.15, 0.2) is 95.6 Å². The molecule has 0 radical (unpaired) electrons. The lowest BCUT2D eigenvalue weighted by Gasteiger charge is -2.09. The molecule has 0 aliphatic carbocycles. The number of ether oxygens (including phenoxy) is 10. The fourth-order valence-electron chi connectivity index (χ4n) is 15.2. The highest BCUT2D eigenvalue weighted by atomic mass is 16.6. The van der Waals surface area contributed by atoms with Crippen LogP contribution in [0.3, 0.4) is 0 Å². The van der Waals surface area contributed by atoms with E-state index in [0.29, 0.717) is 60.9 Å². The molecule has 0 N–H and O–H groups in total. The van der Waals surface area contributed by atoms with Gasteiger partial charge in [-0.1, -0.05) is 189 Å². The smallest absolute Gasteiger partial charge is 0.345 e. The summed E-state index contributed by atoms with van der Waals surface area (Å²) in [5.74, 6) is 2.31. The van der Waals surface area contributed by atoms with Gasteiger partial charge in [0.1, 0.15) is 125 Å². The fraction of sp³-hybridized carbons (Fsp3) is 0.167. The van der Waals surface area contributed by atoms with Crippen molar-refractivity contribution in [1.29, 1.82) is 0 Å². The van der Waals surface area contributed by atoms with Gasteiger partial charge in [0.25, 0.3) is 0 Å². The zero-order chi connectivity index (χ0) is 96.7. The molecule has 0 unspecified atom stereocenters. The molecule has 0 fully saturated rings. The van der Waals surface area contributed by atoms with E-state index < -0.39 is 0 Å². The van der Waals surface area contributed by atoms with Gasteiger partial charge in [-0.15, -0.1) is 0 Å². The van der Waals surface area contributed by atoms with Crippen LogP contribution in [0.5, 0.6) is 28.7 Å². The van der Waals surface area contributed by atoms with Crippen LogP contribution in [0.2, 0.25) is 0 Å². The van der Waals surface area contributed by atoms with Crippen molar-refractivity contribution in [2.24, 2.45) is 35.2 Å². The molecule has 0 bridgehead atoms. The molecule has 25 nitrogen and oxygen atoms in total. The second-order valence-electron chi connectivity index (χ2n) is 33.0. The number of carbonyl (C=O) groups is 5. The van der Waals surface area contributed by atoms with Crippen LogP contribution in [0.4, 0.5) is 0 Å². The minimum Gasteiger partial charge on any atom is -0.489 e. The molecule has 10 aromatic carbocycles. The van der Waals surface area contributed by atoms with Crippen molar-refractivity contribution in [2.45, 2.75) is 104 Å². The van der Waals surface area contributed by atoms with Gasteiger partial charge < -0.3 is 70.2 Å². The van der Waals surface area contributed by atoms with E-state index in [1.165, 1.54) is 0 Å². The molecular weight excluding hydrogens is 1820 g/mol. The van der Waals surface area contributed by atoms with E-state index in [1.54, 1.807) is 61.3 Å². The van der Waals surface area contributed by atoms with E-state index in [2.05, 4.69) is 0 Å². The lowest BCUT2D eigenvalue weighted by Crippen LogP contribution is -2.28. The third kappa shape index (κ3) is 30.5. The summed E-state index contributed by atoms with van der Waals surface area (Å²) in [6, 6.07) is 108. The van der Waals surface area contributed by atoms with Crippen molar-refractivity contribution in [3.05, 3.63) is 482 Å². The fourth-order valence-corrected chi connectivity index (χ4v) is 15.2. The van der Waals surface area contributed by atoms with Crippen LogP contribution in [0.25, 0.3) is 54.5 Å². The zero-order valence-corrected chi connectivity index (χ0v) is 78.1. The van der Waals surface area contributed by atoms with Crippen LogP contribution < -0.4 is 46.5 Å². The normalized spacial score (nSPS) is 10.4. The number of aromatic nitrogens is 10. The molecule has 25 heteroatoms. The summed E-state index contributed by atoms with van der Waals surface area (Å²) >= 11 is 0. The van der Waals surface area contributed by atoms with Crippen molar-refractivity contribution >= 4 is 84.4 Å². The summed E-state index contributed by atoms with van der Waals surface area (Å²) < 4.78 is 75.2. The van der Waals surface area contributed by atoms with Crippen LogP contribution in [0.1, 0.15) is 117 Å². The quantitative estimate of drug-likeness (QED) is 0.0232. The molecule has 20 aromatic rings. The molecule has 10 heterocycles. The Labute approximate surface area is 846 Å². The highest BCUT2D eigenvalue weighted by Crippen LogP contribution is 2.30. The number of esters is 5. The Hall–Kier alpha value is -18.0. The number of pyridine rings is 5. The highest BCUT2D eigenvalue weighted by Gasteiger charge is 2.20. The first kappa shape index (κ1) is 107. The second kappa shape index (κ2) is 53.4. The van der Waals surface area contributed by atoms with Crippen molar-refractivity contribution in [3.8, 4) is 28.7 Å². The number of nitrogens with zero attached hydrogens (tertiary/aromatic N) is 10. The van der Waals surface area contributed by atoms with E-state index in [9.17, 15) is 24.0 Å². The molecule has 0 saturated heterocycles. The Morgan fingerprint density at radius 3 is 0.531 bits per heavy atom. The summed E-state index contributed by atoms with van der Waals surface area (Å²) in [5.41, 5.74) is 13.2. The number of benzene rings is 10. The number of hydrogen-bond acceptors (Lipinski definition) is 15. The second-order valence-corrected chi connectivity index (χ2v) is 33.0. The van der Waals surface area contributed by atoms with Crippen LogP contribution in [-0.4, -0.2) is 52.7 Å². The monoisotopic (exact) mass is 1950 g/mol. The summed E-state index contributed by atoms with van der Waals surface area (Å²) in [5, 5.41) is 5.17. The Morgan fingerprint density at radius 1 is 0.207 bits per heavy atom. The molecule has 0 amide bonds. The van der Waals surface area contributed by atoms with Crippen LogP contribution >= 0.6 is 0 Å². The van der Waals surface area contributed by atoms with E-state index >= 15 is 0 Å². The van der Waals surface area contributed by atoms with Crippen molar-refractivity contribution < 1.29 is 94.2 Å². The zero-order valence-electron chi connectivity index (χ0n) is 78.1. The van der Waals surface area contributed by atoms with Gasteiger partial charge in [0.05, 0.1) is 27.6 Å². The third-order valence-corrected chi connectivity index (χ3v) is 22.5. The molecule has 0 saturated carbocycles. The SMILES string of the molecule is C.C.C.C.C.C[n+]1cccc(C(=O)OCn2ccc3cc(OCc4ccccc4)ccc32)c1.C[n+]1cccc(C(=O)OCn2ccc3cc(OCc4ccccc4)ccc32)c1.C[n+]1cccc(C(=O)OCn2ccc3cc(OCc4ccccc4)ccc32)c1.C[n+]1cccc(C(=O)OCn2ccc3cc(OCc4ccccc4)ccc32)c1.C[n+]1cccc(C(=O)OCn2ccc3cc(OCc4ccccc4)ccc32)c1. The van der Waals surface area contributed by atoms with E-state index in [-0.39, 0.29) is 101 Å². The summed E-state index contributed by atoms with van der Waals surface area (Å²) in [7, 11) is 9.34. The molecule has 740 valence electrons. The lowest BCUT2D eigenvalue weighted by atomic mass is 10.2. The number of aryl methyl sites for hydroxylation is 5. The number of carbonyl (C=O) groups excluding carboxylic acids is 5. The highest BCUT2D eigenvalue weighted by molar-refractivity contribution is 5.92. The van der Waals surface area contributed by atoms with Gasteiger partial charge in [0.2, 0.25) is 0 Å². The maximum absolute atomic E-state index is 12.2. The van der Waals surface area contributed by atoms with Gasteiger partial charge in [-0.05, 0) is 179 Å². The minimum atomic E-state index is -0.346. The average Bonchev–Trinajstić information content (AvgIpc) is 1.70. The number of rotatable bonds is 30. The standard InChI is InChI=1S/5C23H21N2O3.5CH4/c5*1-24-12-5-8-20(15-24)23(26)28-17-25-13-11-19-14-21(9-10-22(19)25)27-16-18-6-3-2-4-7-18;;;;;/h5*2-15H,16-17H2,1H3;5*1H4/q5*+1;;;;;. The predicted molar refractivity (Wildman–Crippen MR) is 562 cm³/mol. The first-order chi connectivity index (χ1) is 68.4. The first-order valence-corrected chi connectivity index (χ1v) is 45.3. The molecule has 145 heavy (non-hydrogen) atoms. The topological polar surface area (TPSA) is 222 Å². The molecule has 20 rings (SSSR count). The number of fused-ring (bicyclic) bond motifs is 5. The van der Waals surface area contributed by atoms with E-state index in [1.807, 2.05) is 446 Å². The molecular formula is C120H125N10O15+5. The van der Waals surface area contributed by atoms with Crippen molar-refractivity contribution in [3.63, 3.8) is 0 Å². The Morgan fingerprint density at radius 2 is 0.372 bits per heavy atom. The Balaban J connectivity index is 0.000000171. The summed E-state index contributed by atoms with van der Waals surface area (Å²) in [6.45, 7) is 3.42. The van der Waals surface area contributed by atoms with Crippen molar-refractivity contribution in [2.75, 3.05) is 0 Å². The molecule has 0 spiro atoms. The predicted octanol–water partition coefficient (Wildman–Crippen LogP) is 22.5. The third-order valence-electron chi connectivity index (χ3n) is 22.5. The maximum Gasteiger partial charge on any atom is 0.345 e. The first-order valence-electron chi connectivity index (χ1n) is 45.3. The summed E-state index contributed by atoms with van der Waals surface area (Å²) in [4.78, 5) is 61.2. The summed E-state index contributed by atoms with van der Waals surface area (Å²) in [6.07, 6.45) is 27.6. The molecule has 0 aliphatic heterocycles. The van der Waals surface area contributed by atoms with Crippen LogP contribution in [-0.2, 0) is 126 Å². The van der Waals surface area contributed by atoms with E-state index in [0.717, 1.165) is 111 Å².